The van der Waals surface area contributed by atoms with Gasteiger partial charge in [-0.15, -0.1) is 0 Å². The fraction of sp³-hybridized carbons (Fsp3) is 0.417. The van der Waals surface area contributed by atoms with Crippen LogP contribution in [0.1, 0.15) is 12.0 Å². The Morgan fingerprint density at radius 1 is 1.12 bits per heavy atom. The summed E-state index contributed by atoms with van der Waals surface area (Å²) in [6, 6.07) is 6.76. The Hall–Kier alpha value is -1.75. The fourth-order valence-corrected chi connectivity index (χ4v) is 1.39. The van der Waals surface area contributed by atoms with Crippen LogP contribution in [0.3, 0.4) is 0 Å². The lowest BCUT2D eigenvalue weighted by molar-refractivity contribution is 0.234. The monoisotopic (exact) mass is 238 g/mol. The molecule has 0 aliphatic rings. The summed E-state index contributed by atoms with van der Waals surface area (Å²) in [5.74, 6) is 0.259. The van der Waals surface area contributed by atoms with E-state index in [2.05, 4.69) is 10.6 Å². The number of benzene rings is 1. The molecule has 0 aromatic heterocycles. The quantitative estimate of drug-likeness (QED) is 0.548. The highest BCUT2D eigenvalue weighted by molar-refractivity contribution is 5.73. The molecule has 0 heterocycles. The number of aliphatic hydroxyl groups excluding tert-OH is 1. The first-order chi connectivity index (χ1) is 8.22. The van der Waals surface area contributed by atoms with Crippen molar-refractivity contribution >= 4 is 6.03 Å². The highest BCUT2D eigenvalue weighted by Crippen LogP contribution is 2.10. The van der Waals surface area contributed by atoms with Gasteiger partial charge in [0.05, 0.1) is 6.61 Å². The van der Waals surface area contributed by atoms with Crippen molar-refractivity contribution in [3.8, 4) is 5.75 Å². The molecule has 0 aliphatic carbocycles. The minimum atomic E-state index is -0.259. The Morgan fingerprint density at radius 2 is 1.76 bits per heavy atom. The van der Waals surface area contributed by atoms with Crippen molar-refractivity contribution in [1.82, 2.24) is 10.6 Å². The normalized spacial score (nSPS) is 9.94. The Kier molecular flexibility index (Phi) is 5.88. The van der Waals surface area contributed by atoms with Crippen molar-refractivity contribution in [3.63, 3.8) is 0 Å². The minimum absolute atomic E-state index is 0.0546. The van der Waals surface area contributed by atoms with Gasteiger partial charge in [-0.3, -0.25) is 0 Å². The largest absolute Gasteiger partial charge is 0.508 e. The van der Waals surface area contributed by atoms with Crippen molar-refractivity contribution < 1.29 is 15.0 Å². The zero-order chi connectivity index (χ0) is 12.5. The molecule has 4 N–H and O–H groups in total. The summed E-state index contributed by atoms with van der Waals surface area (Å²) in [6.07, 6.45) is 1.68. The van der Waals surface area contributed by atoms with E-state index in [1.54, 1.807) is 12.1 Å². The second-order valence-corrected chi connectivity index (χ2v) is 3.68. The number of urea groups is 1. The molecule has 0 fully saturated rings. The summed E-state index contributed by atoms with van der Waals surface area (Å²) in [4.78, 5) is 11.1. The lowest BCUT2D eigenvalue weighted by atomic mass is 10.1. The summed E-state index contributed by atoms with van der Waals surface area (Å²) in [7, 11) is 0. The molecule has 1 aromatic rings. The van der Waals surface area contributed by atoms with Gasteiger partial charge in [-0.2, -0.15) is 0 Å². The van der Waals surface area contributed by atoms with Crippen LogP contribution >= 0.6 is 0 Å². The SMILES string of the molecule is O=C(NCCO)NCCCc1ccc(O)cc1. The number of rotatable bonds is 6. The molecule has 0 aliphatic heterocycles. The lowest BCUT2D eigenvalue weighted by Crippen LogP contribution is -2.37. The Bertz CT molecular complexity index is 338. The highest BCUT2D eigenvalue weighted by Gasteiger charge is 1.98. The van der Waals surface area contributed by atoms with Gasteiger partial charge in [-0.05, 0) is 30.5 Å². The van der Waals surface area contributed by atoms with Crippen molar-refractivity contribution in [1.29, 1.82) is 0 Å². The van der Waals surface area contributed by atoms with Gasteiger partial charge < -0.3 is 20.8 Å². The molecule has 0 saturated carbocycles. The van der Waals surface area contributed by atoms with Crippen LogP contribution in [0, 0.1) is 0 Å². The first-order valence-electron chi connectivity index (χ1n) is 5.63. The van der Waals surface area contributed by atoms with Crippen LogP contribution in [0.5, 0.6) is 5.75 Å². The molecular formula is C12H18N2O3. The van der Waals surface area contributed by atoms with Crippen molar-refractivity contribution in [2.75, 3.05) is 19.7 Å². The topological polar surface area (TPSA) is 81.6 Å². The van der Waals surface area contributed by atoms with Gasteiger partial charge in [0.25, 0.3) is 0 Å². The number of hydrogen-bond acceptors (Lipinski definition) is 3. The second kappa shape index (κ2) is 7.51. The first-order valence-corrected chi connectivity index (χ1v) is 5.63. The van der Waals surface area contributed by atoms with Crippen molar-refractivity contribution in [3.05, 3.63) is 29.8 Å². The van der Waals surface area contributed by atoms with Crippen LogP contribution in [0.25, 0.3) is 0 Å². The third kappa shape index (κ3) is 5.77. The van der Waals surface area contributed by atoms with E-state index in [0.717, 1.165) is 18.4 Å². The predicted octanol–water partition coefficient (Wildman–Crippen LogP) is 0.616. The molecule has 0 radical (unpaired) electrons. The molecule has 17 heavy (non-hydrogen) atoms. The molecule has 1 aromatic carbocycles. The first kappa shape index (κ1) is 13.3. The second-order valence-electron chi connectivity index (χ2n) is 3.68. The Morgan fingerprint density at radius 3 is 2.41 bits per heavy atom. The van der Waals surface area contributed by atoms with Gasteiger partial charge in [0.1, 0.15) is 5.75 Å². The van der Waals surface area contributed by atoms with E-state index in [0.29, 0.717) is 6.54 Å². The van der Waals surface area contributed by atoms with Gasteiger partial charge in [0, 0.05) is 13.1 Å². The summed E-state index contributed by atoms with van der Waals surface area (Å²) in [5.41, 5.74) is 1.13. The van der Waals surface area contributed by atoms with Crippen LogP contribution in [0.2, 0.25) is 0 Å². The maximum atomic E-state index is 11.1. The number of carbonyl (C=O) groups excluding carboxylic acids is 1. The number of nitrogens with one attached hydrogen (secondary N) is 2. The molecule has 94 valence electrons. The molecule has 0 bridgehead atoms. The van der Waals surface area contributed by atoms with E-state index in [-0.39, 0.29) is 24.9 Å². The standard InChI is InChI=1S/C12H18N2O3/c15-9-8-14-12(17)13-7-1-2-10-3-5-11(16)6-4-10/h3-6,15-16H,1-2,7-9H2,(H2,13,14,17). The molecule has 5 heteroatoms. The van der Waals surface area contributed by atoms with E-state index in [1.807, 2.05) is 12.1 Å². The van der Waals surface area contributed by atoms with E-state index >= 15 is 0 Å². The molecule has 2 amide bonds. The molecule has 0 spiro atoms. The van der Waals surface area contributed by atoms with Gasteiger partial charge in [-0.25, -0.2) is 4.79 Å². The Labute approximate surface area is 100 Å². The zero-order valence-corrected chi connectivity index (χ0v) is 9.65. The number of carbonyl (C=O) groups is 1. The van der Waals surface area contributed by atoms with Crippen LogP contribution < -0.4 is 10.6 Å². The minimum Gasteiger partial charge on any atom is -0.508 e. The van der Waals surface area contributed by atoms with E-state index < -0.39 is 0 Å². The van der Waals surface area contributed by atoms with Gasteiger partial charge in [-0.1, -0.05) is 12.1 Å². The predicted molar refractivity (Wildman–Crippen MR) is 64.9 cm³/mol. The molecule has 1 rings (SSSR count). The number of aliphatic hydroxyl groups is 1. The number of phenolic OH excluding ortho intramolecular Hbond substituents is 1. The highest BCUT2D eigenvalue weighted by atomic mass is 16.3. The summed E-state index contributed by atoms with van der Waals surface area (Å²) in [6.45, 7) is 0.795. The zero-order valence-electron chi connectivity index (χ0n) is 9.65. The summed E-state index contributed by atoms with van der Waals surface area (Å²) < 4.78 is 0. The van der Waals surface area contributed by atoms with Crippen molar-refractivity contribution in [2.45, 2.75) is 12.8 Å². The summed E-state index contributed by atoms with van der Waals surface area (Å²) >= 11 is 0. The van der Waals surface area contributed by atoms with Crippen LogP contribution in [-0.4, -0.2) is 35.9 Å². The third-order valence-electron chi connectivity index (χ3n) is 2.26. The Balaban J connectivity index is 2.11. The molecule has 0 saturated heterocycles. The average Bonchev–Trinajstić information content (AvgIpc) is 2.34. The molecule has 0 unspecified atom stereocenters. The van der Waals surface area contributed by atoms with Gasteiger partial charge in [0.2, 0.25) is 0 Å². The molecule has 5 nitrogen and oxygen atoms in total. The van der Waals surface area contributed by atoms with Gasteiger partial charge >= 0.3 is 6.03 Å². The van der Waals surface area contributed by atoms with E-state index in [4.69, 9.17) is 10.2 Å². The number of phenols is 1. The fourth-order valence-electron chi connectivity index (χ4n) is 1.39. The number of amides is 2. The number of aryl methyl sites for hydroxylation is 1. The van der Waals surface area contributed by atoms with Gasteiger partial charge in [0.15, 0.2) is 0 Å². The van der Waals surface area contributed by atoms with E-state index in [9.17, 15) is 4.79 Å². The van der Waals surface area contributed by atoms with Crippen LogP contribution in [-0.2, 0) is 6.42 Å². The average molecular weight is 238 g/mol. The van der Waals surface area contributed by atoms with Crippen molar-refractivity contribution in [2.24, 2.45) is 0 Å². The van der Waals surface area contributed by atoms with Crippen LogP contribution in [0.15, 0.2) is 24.3 Å². The summed E-state index contributed by atoms with van der Waals surface area (Å²) in [5, 5.41) is 22.8. The maximum Gasteiger partial charge on any atom is 0.314 e. The smallest absolute Gasteiger partial charge is 0.314 e. The molecular weight excluding hydrogens is 220 g/mol. The van der Waals surface area contributed by atoms with E-state index in [1.165, 1.54) is 0 Å². The third-order valence-corrected chi connectivity index (χ3v) is 2.26. The molecule has 0 atom stereocenters. The number of aromatic hydroxyl groups is 1. The maximum absolute atomic E-state index is 11.1. The van der Waals surface area contributed by atoms with Crippen LogP contribution in [0.4, 0.5) is 4.79 Å². The lowest BCUT2D eigenvalue weighted by Gasteiger charge is -2.06. The number of hydrogen-bond donors (Lipinski definition) is 4.